The summed E-state index contributed by atoms with van der Waals surface area (Å²) in [5.74, 6) is 0.853. The third kappa shape index (κ3) is 4.05. The number of aromatic nitrogens is 4. The summed E-state index contributed by atoms with van der Waals surface area (Å²) >= 11 is 0. The average molecular weight is 507 g/mol. The second kappa shape index (κ2) is 9.26. The van der Waals surface area contributed by atoms with Gasteiger partial charge >= 0.3 is 6.09 Å². The number of hydrogen-bond acceptors (Lipinski definition) is 4. The standard InChI is InChI=1S/C27H28F2N6O2/c28-18-5-1-4-16(12-18)17-8-9-27(21(29)13-17,22-14-31-24(33-22)19-6-2-10-30-19)23-15-32-25(34-23)20-7-3-11-35(20)26(36)37/h1,4-5,8-9,12-15,19-21,30H,2-3,6-7,10-11H2,(H,31,33)(H,32,34)(H,36,37)/t19-,20-,21?,27?/m0/s1. The predicted molar refractivity (Wildman–Crippen MR) is 133 cm³/mol. The highest BCUT2D eigenvalue weighted by Crippen LogP contribution is 2.44. The van der Waals surface area contributed by atoms with Crippen molar-refractivity contribution in [2.45, 2.75) is 49.4 Å². The molecule has 2 unspecified atom stereocenters. The Morgan fingerprint density at radius 3 is 2.59 bits per heavy atom. The summed E-state index contributed by atoms with van der Waals surface area (Å²) in [5, 5.41) is 13.0. The van der Waals surface area contributed by atoms with E-state index in [1.54, 1.807) is 36.7 Å². The molecule has 4 atom stereocenters. The van der Waals surface area contributed by atoms with Crippen molar-refractivity contribution in [1.82, 2.24) is 30.2 Å². The maximum Gasteiger partial charge on any atom is 0.407 e. The third-order valence-electron chi connectivity index (χ3n) is 7.73. The van der Waals surface area contributed by atoms with E-state index in [1.165, 1.54) is 23.1 Å². The number of alkyl halides is 1. The lowest BCUT2D eigenvalue weighted by Gasteiger charge is -2.33. The first-order chi connectivity index (χ1) is 18.0. The van der Waals surface area contributed by atoms with Gasteiger partial charge in [-0.15, -0.1) is 0 Å². The first kappa shape index (κ1) is 23.6. The molecule has 3 aliphatic rings. The van der Waals surface area contributed by atoms with Crippen molar-refractivity contribution in [1.29, 1.82) is 0 Å². The lowest BCUT2D eigenvalue weighted by atomic mass is 9.73. The summed E-state index contributed by atoms with van der Waals surface area (Å²) in [7, 11) is 0. The van der Waals surface area contributed by atoms with Crippen LogP contribution in [0.4, 0.5) is 13.6 Å². The van der Waals surface area contributed by atoms with Crippen LogP contribution in [0.25, 0.3) is 5.57 Å². The summed E-state index contributed by atoms with van der Waals surface area (Å²) < 4.78 is 30.3. The Hall–Kier alpha value is -3.79. The van der Waals surface area contributed by atoms with Crippen LogP contribution >= 0.6 is 0 Å². The number of H-pyrrole nitrogens is 2. The summed E-state index contributed by atoms with van der Waals surface area (Å²) in [4.78, 5) is 28.8. The predicted octanol–water partition coefficient (Wildman–Crippen LogP) is 4.79. The summed E-state index contributed by atoms with van der Waals surface area (Å²) in [5.41, 5.74) is 0.922. The molecular formula is C27H28F2N6O2. The SMILES string of the molecule is O=C(O)N1CCC[C@H]1c1ncc(C2(c3cnc([C@@H]4CCCN4)[nH]3)C=CC(c3cccc(F)c3)=CC2F)[nH]1. The molecule has 4 heterocycles. The van der Waals surface area contributed by atoms with Crippen LogP contribution in [0.1, 0.15) is 66.4 Å². The molecule has 2 aromatic heterocycles. The van der Waals surface area contributed by atoms with Crippen LogP contribution in [0.2, 0.25) is 0 Å². The number of allylic oxidation sites excluding steroid dienone is 4. The molecule has 0 saturated carbocycles. The number of aromatic amines is 2. The van der Waals surface area contributed by atoms with Crippen LogP contribution in [-0.4, -0.2) is 55.3 Å². The van der Waals surface area contributed by atoms with Crippen LogP contribution in [0.5, 0.6) is 0 Å². The number of imidazole rings is 2. The molecule has 2 fully saturated rings. The zero-order valence-corrected chi connectivity index (χ0v) is 20.1. The van der Waals surface area contributed by atoms with Crippen LogP contribution in [-0.2, 0) is 5.41 Å². The second-order valence-corrected chi connectivity index (χ2v) is 9.88. The first-order valence-corrected chi connectivity index (χ1v) is 12.6. The van der Waals surface area contributed by atoms with Gasteiger partial charge in [-0.25, -0.2) is 23.5 Å². The number of carboxylic acid groups (broad SMARTS) is 1. The molecule has 4 N–H and O–H groups in total. The lowest BCUT2D eigenvalue weighted by molar-refractivity contribution is 0.138. The molecule has 2 saturated heterocycles. The van der Waals surface area contributed by atoms with Gasteiger partial charge in [0, 0.05) is 18.9 Å². The van der Waals surface area contributed by atoms with Gasteiger partial charge in [-0.2, -0.15) is 0 Å². The Morgan fingerprint density at radius 2 is 1.89 bits per heavy atom. The Balaban J connectivity index is 1.41. The fraction of sp³-hybridized carbons (Fsp3) is 0.370. The summed E-state index contributed by atoms with van der Waals surface area (Å²) in [6.07, 6.45) is 9.12. The average Bonchev–Trinajstić information content (AvgIpc) is 3.69. The zero-order valence-electron chi connectivity index (χ0n) is 20.1. The smallest absolute Gasteiger partial charge is 0.407 e. The van der Waals surface area contributed by atoms with E-state index >= 15 is 4.39 Å². The van der Waals surface area contributed by atoms with Crippen molar-refractivity contribution in [3.63, 3.8) is 0 Å². The van der Waals surface area contributed by atoms with E-state index < -0.39 is 23.7 Å². The molecular weight excluding hydrogens is 478 g/mol. The number of nitrogens with zero attached hydrogens (tertiary/aromatic N) is 3. The Morgan fingerprint density at radius 1 is 1.11 bits per heavy atom. The van der Waals surface area contributed by atoms with Gasteiger partial charge in [-0.3, -0.25) is 4.90 Å². The monoisotopic (exact) mass is 506 g/mol. The van der Waals surface area contributed by atoms with Crippen molar-refractivity contribution in [2.75, 3.05) is 13.1 Å². The minimum Gasteiger partial charge on any atom is -0.465 e. The molecule has 1 aliphatic carbocycles. The first-order valence-electron chi connectivity index (χ1n) is 12.6. The molecule has 0 bridgehead atoms. The number of nitrogens with one attached hydrogen (secondary N) is 3. The van der Waals surface area contributed by atoms with Crippen LogP contribution in [0.15, 0.2) is 54.9 Å². The number of benzene rings is 1. The van der Waals surface area contributed by atoms with Gasteiger partial charge in [0.2, 0.25) is 0 Å². The number of hydrogen-bond donors (Lipinski definition) is 4. The third-order valence-corrected chi connectivity index (χ3v) is 7.73. The van der Waals surface area contributed by atoms with E-state index in [1.807, 2.05) is 0 Å². The normalized spacial score (nSPS) is 27.6. The van der Waals surface area contributed by atoms with Crippen molar-refractivity contribution < 1.29 is 18.7 Å². The maximum absolute atomic E-state index is 16.5. The van der Waals surface area contributed by atoms with Crippen LogP contribution in [0.3, 0.4) is 0 Å². The number of likely N-dealkylation sites (tertiary alicyclic amines) is 1. The van der Waals surface area contributed by atoms with Crippen molar-refractivity contribution >= 4 is 11.7 Å². The van der Waals surface area contributed by atoms with E-state index in [9.17, 15) is 14.3 Å². The minimum atomic E-state index is -1.53. The van der Waals surface area contributed by atoms with Crippen LogP contribution in [0, 0.1) is 5.82 Å². The van der Waals surface area contributed by atoms with Crippen molar-refractivity contribution in [3.05, 3.63) is 89.3 Å². The Labute approximate surface area is 212 Å². The summed E-state index contributed by atoms with van der Waals surface area (Å²) in [6.45, 7) is 1.34. The van der Waals surface area contributed by atoms with Crippen molar-refractivity contribution in [2.24, 2.45) is 0 Å². The van der Waals surface area contributed by atoms with Gasteiger partial charge in [0.25, 0.3) is 0 Å². The van der Waals surface area contributed by atoms with E-state index in [2.05, 4.69) is 25.3 Å². The van der Waals surface area contributed by atoms with Gasteiger partial charge in [-0.1, -0.05) is 24.3 Å². The topological polar surface area (TPSA) is 110 Å². The molecule has 10 heteroatoms. The largest absolute Gasteiger partial charge is 0.465 e. The lowest BCUT2D eigenvalue weighted by Crippen LogP contribution is -2.38. The fourth-order valence-corrected chi connectivity index (χ4v) is 5.78. The summed E-state index contributed by atoms with van der Waals surface area (Å²) in [6, 6.07) is 5.74. The van der Waals surface area contributed by atoms with Gasteiger partial charge < -0.3 is 20.4 Å². The molecule has 0 spiro atoms. The van der Waals surface area contributed by atoms with Gasteiger partial charge in [0.1, 0.15) is 29.1 Å². The zero-order chi connectivity index (χ0) is 25.6. The maximum atomic E-state index is 16.5. The fourth-order valence-electron chi connectivity index (χ4n) is 5.78. The number of amides is 1. The van der Waals surface area contributed by atoms with Crippen LogP contribution < -0.4 is 5.32 Å². The molecule has 2 aliphatic heterocycles. The number of carbonyl (C=O) groups is 1. The quantitative estimate of drug-likeness (QED) is 0.398. The second-order valence-electron chi connectivity index (χ2n) is 9.88. The number of halogens is 2. The Kier molecular flexibility index (Phi) is 5.91. The molecule has 192 valence electrons. The van der Waals surface area contributed by atoms with E-state index in [4.69, 9.17) is 0 Å². The van der Waals surface area contributed by atoms with Gasteiger partial charge in [0.05, 0.1) is 23.5 Å². The highest BCUT2D eigenvalue weighted by atomic mass is 19.1. The van der Waals surface area contributed by atoms with E-state index in [0.29, 0.717) is 41.3 Å². The number of rotatable bonds is 5. The molecule has 37 heavy (non-hydrogen) atoms. The van der Waals surface area contributed by atoms with Crippen molar-refractivity contribution in [3.8, 4) is 0 Å². The molecule has 3 aromatic rings. The highest BCUT2D eigenvalue weighted by Gasteiger charge is 2.46. The minimum absolute atomic E-state index is 0.0785. The van der Waals surface area contributed by atoms with Gasteiger partial charge in [0.15, 0.2) is 0 Å². The molecule has 8 nitrogen and oxygen atoms in total. The molecule has 1 amide bonds. The van der Waals surface area contributed by atoms with E-state index in [0.717, 1.165) is 31.6 Å². The highest BCUT2D eigenvalue weighted by molar-refractivity contribution is 5.77. The Bertz CT molecular complexity index is 1370. The molecule has 1 aromatic carbocycles. The van der Waals surface area contributed by atoms with Gasteiger partial charge in [-0.05, 0) is 61.6 Å². The molecule has 0 radical (unpaired) electrons. The molecule has 6 rings (SSSR count). The van der Waals surface area contributed by atoms with E-state index in [-0.39, 0.29) is 11.9 Å².